The maximum Gasteiger partial charge on any atom is 0.261 e. The van der Waals surface area contributed by atoms with Crippen LogP contribution < -0.4 is 10.6 Å². The second-order valence-electron chi connectivity index (χ2n) is 7.54. The molecule has 0 atom stereocenters. The summed E-state index contributed by atoms with van der Waals surface area (Å²) in [5, 5.41) is 11.5. The highest BCUT2D eigenvalue weighted by atomic mass is 32.1. The summed E-state index contributed by atoms with van der Waals surface area (Å²) >= 11 is 1.44. The SMILES string of the molecule is Cc1nn(-c2ccccc2)c2sc(C(=O)NCCNC(=O)C3CCCCC3)cc12. The lowest BCUT2D eigenvalue weighted by Crippen LogP contribution is -2.38. The van der Waals surface area contributed by atoms with Crippen molar-refractivity contribution in [3.8, 4) is 5.69 Å². The summed E-state index contributed by atoms with van der Waals surface area (Å²) in [4.78, 5) is 26.4. The Morgan fingerprint density at radius 3 is 2.59 bits per heavy atom. The number of para-hydroxylation sites is 1. The Morgan fingerprint density at radius 2 is 1.83 bits per heavy atom. The van der Waals surface area contributed by atoms with Crippen LogP contribution in [-0.4, -0.2) is 34.7 Å². The molecule has 29 heavy (non-hydrogen) atoms. The summed E-state index contributed by atoms with van der Waals surface area (Å²) < 4.78 is 1.89. The van der Waals surface area contributed by atoms with Crippen LogP contribution in [-0.2, 0) is 4.79 Å². The number of rotatable bonds is 6. The minimum atomic E-state index is -0.114. The first-order valence-corrected chi connectivity index (χ1v) is 11.1. The van der Waals surface area contributed by atoms with Crippen LogP contribution in [0.4, 0.5) is 0 Å². The van der Waals surface area contributed by atoms with Crippen LogP contribution in [0.25, 0.3) is 15.9 Å². The predicted octanol–water partition coefficient (Wildman–Crippen LogP) is 3.82. The molecule has 2 amide bonds. The zero-order valence-electron chi connectivity index (χ0n) is 16.6. The lowest BCUT2D eigenvalue weighted by Gasteiger charge is -2.20. The number of carbonyl (C=O) groups is 2. The van der Waals surface area contributed by atoms with Crippen molar-refractivity contribution in [2.24, 2.45) is 5.92 Å². The van der Waals surface area contributed by atoms with Gasteiger partial charge in [-0.1, -0.05) is 37.5 Å². The monoisotopic (exact) mass is 410 g/mol. The molecule has 3 aromatic rings. The zero-order chi connectivity index (χ0) is 20.2. The number of hydrogen-bond acceptors (Lipinski definition) is 4. The zero-order valence-corrected chi connectivity index (χ0v) is 17.4. The fourth-order valence-corrected chi connectivity index (χ4v) is 4.96. The standard InChI is InChI=1S/C22H26N4O2S/c1-15-18-14-19(29-22(18)26(25-15)17-10-6-3-7-11-17)21(28)24-13-12-23-20(27)16-8-4-2-5-9-16/h3,6-7,10-11,14,16H,2,4-5,8-9,12-13H2,1H3,(H,23,27)(H,24,28). The van der Waals surface area contributed by atoms with E-state index in [2.05, 4.69) is 15.7 Å². The molecule has 2 aromatic heterocycles. The van der Waals surface area contributed by atoms with Gasteiger partial charge in [-0.25, -0.2) is 4.68 Å². The summed E-state index contributed by atoms with van der Waals surface area (Å²) in [5.41, 5.74) is 1.88. The van der Waals surface area contributed by atoms with Crippen molar-refractivity contribution in [3.05, 3.63) is 47.0 Å². The topological polar surface area (TPSA) is 76.0 Å². The summed E-state index contributed by atoms with van der Waals surface area (Å²) in [6.45, 7) is 2.84. The molecule has 152 valence electrons. The third-order valence-electron chi connectivity index (χ3n) is 5.45. The largest absolute Gasteiger partial charge is 0.354 e. The van der Waals surface area contributed by atoms with Gasteiger partial charge >= 0.3 is 0 Å². The molecule has 0 saturated heterocycles. The molecule has 0 bridgehead atoms. The smallest absolute Gasteiger partial charge is 0.261 e. The van der Waals surface area contributed by atoms with Crippen LogP contribution >= 0.6 is 11.3 Å². The molecule has 0 unspecified atom stereocenters. The molecule has 2 N–H and O–H groups in total. The Morgan fingerprint density at radius 1 is 1.10 bits per heavy atom. The number of fused-ring (bicyclic) bond motifs is 1. The Kier molecular flexibility index (Phi) is 5.94. The molecule has 4 rings (SSSR count). The fraction of sp³-hybridized carbons (Fsp3) is 0.409. The van der Waals surface area contributed by atoms with Crippen molar-refractivity contribution >= 4 is 33.4 Å². The highest BCUT2D eigenvalue weighted by Gasteiger charge is 2.21. The van der Waals surface area contributed by atoms with Crippen LogP contribution in [0.1, 0.15) is 47.5 Å². The van der Waals surface area contributed by atoms with Gasteiger partial charge in [0.15, 0.2) is 0 Å². The minimum absolute atomic E-state index is 0.114. The first-order valence-electron chi connectivity index (χ1n) is 10.2. The number of amides is 2. The van der Waals surface area contributed by atoms with Crippen molar-refractivity contribution in [2.75, 3.05) is 13.1 Å². The van der Waals surface area contributed by atoms with E-state index in [1.54, 1.807) is 0 Å². The van der Waals surface area contributed by atoms with E-state index in [0.29, 0.717) is 18.0 Å². The van der Waals surface area contributed by atoms with Crippen LogP contribution in [0.2, 0.25) is 0 Å². The third kappa shape index (κ3) is 4.34. The number of aryl methyl sites for hydroxylation is 1. The van der Waals surface area contributed by atoms with E-state index in [-0.39, 0.29) is 17.7 Å². The van der Waals surface area contributed by atoms with Crippen molar-refractivity contribution in [2.45, 2.75) is 39.0 Å². The second kappa shape index (κ2) is 8.78. The van der Waals surface area contributed by atoms with Gasteiger partial charge in [-0.15, -0.1) is 11.3 Å². The van der Waals surface area contributed by atoms with Crippen LogP contribution in [0.15, 0.2) is 36.4 Å². The van der Waals surface area contributed by atoms with Crippen molar-refractivity contribution in [1.82, 2.24) is 20.4 Å². The second-order valence-corrected chi connectivity index (χ2v) is 8.57. The predicted molar refractivity (Wildman–Crippen MR) is 116 cm³/mol. The number of aromatic nitrogens is 2. The summed E-state index contributed by atoms with van der Waals surface area (Å²) in [7, 11) is 0. The van der Waals surface area contributed by atoms with E-state index < -0.39 is 0 Å². The number of benzene rings is 1. The first kappa shape index (κ1) is 19.6. The summed E-state index contributed by atoms with van der Waals surface area (Å²) in [5.74, 6) is 0.155. The molecule has 1 fully saturated rings. The number of carbonyl (C=O) groups excluding carboxylic acids is 2. The average molecular weight is 411 g/mol. The van der Waals surface area contributed by atoms with Crippen LogP contribution in [0.3, 0.4) is 0 Å². The third-order valence-corrected chi connectivity index (χ3v) is 6.56. The lowest BCUT2D eigenvalue weighted by atomic mass is 9.89. The molecular formula is C22H26N4O2S. The van der Waals surface area contributed by atoms with Crippen LogP contribution in [0, 0.1) is 12.8 Å². The molecule has 0 aliphatic heterocycles. The lowest BCUT2D eigenvalue weighted by molar-refractivity contribution is -0.125. The van der Waals surface area contributed by atoms with E-state index in [9.17, 15) is 9.59 Å². The molecule has 0 spiro atoms. The number of nitrogens with one attached hydrogen (secondary N) is 2. The first-order chi connectivity index (χ1) is 14.1. The molecule has 1 aliphatic rings. The van der Waals surface area contributed by atoms with E-state index in [1.807, 2.05) is 48.0 Å². The quantitative estimate of drug-likeness (QED) is 0.607. The van der Waals surface area contributed by atoms with Gasteiger partial charge in [0.1, 0.15) is 4.83 Å². The Labute approximate surface area is 174 Å². The maximum atomic E-state index is 12.6. The van der Waals surface area contributed by atoms with E-state index in [4.69, 9.17) is 0 Å². The van der Waals surface area contributed by atoms with Crippen molar-refractivity contribution in [1.29, 1.82) is 0 Å². The van der Waals surface area contributed by atoms with Gasteiger partial charge in [-0.3, -0.25) is 9.59 Å². The number of thiophene rings is 1. The molecule has 7 heteroatoms. The molecule has 6 nitrogen and oxygen atoms in total. The average Bonchev–Trinajstić information content (AvgIpc) is 3.33. The Hall–Kier alpha value is -2.67. The number of nitrogens with zero attached hydrogens (tertiary/aromatic N) is 2. The highest BCUT2D eigenvalue weighted by molar-refractivity contribution is 7.20. The summed E-state index contributed by atoms with van der Waals surface area (Å²) in [6.07, 6.45) is 5.48. The van der Waals surface area contributed by atoms with Crippen molar-refractivity contribution < 1.29 is 9.59 Å². The van der Waals surface area contributed by atoms with E-state index >= 15 is 0 Å². The van der Waals surface area contributed by atoms with Crippen LogP contribution in [0.5, 0.6) is 0 Å². The van der Waals surface area contributed by atoms with Gasteiger partial charge in [0.2, 0.25) is 5.91 Å². The maximum absolute atomic E-state index is 12.6. The normalized spacial score (nSPS) is 14.8. The van der Waals surface area contributed by atoms with Gasteiger partial charge in [0.25, 0.3) is 5.91 Å². The molecule has 2 heterocycles. The molecule has 1 saturated carbocycles. The van der Waals surface area contributed by atoms with Crippen molar-refractivity contribution in [3.63, 3.8) is 0 Å². The number of hydrogen-bond donors (Lipinski definition) is 2. The van der Waals surface area contributed by atoms with Gasteiger partial charge in [-0.2, -0.15) is 5.10 Å². The fourth-order valence-electron chi connectivity index (χ4n) is 3.86. The van der Waals surface area contributed by atoms with Gasteiger partial charge in [0, 0.05) is 24.4 Å². The molecule has 1 aliphatic carbocycles. The van der Waals surface area contributed by atoms with Gasteiger partial charge in [-0.05, 0) is 38.0 Å². The summed E-state index contributed by atoms with van der Waals surface area (Å²) in [6, 6.07) is 11.8. The Balaban J connectivity index is 1.36. The van der Waals surface area contributed by atoms with Gasteiger partial charge in [0.05, 0.1) is 16.3 Å². The van der Waals surface area contributed by atoms with E-state index in [1.165, 1.54) is 17.8 Å². The van der Waals surface area contributed by atoms with E-state index in [0.717, 1.165) is 47.3 Å². The minimum Gasteiger partial charge on any atom is -0.354 e. The van der Waals surface area contributed by atoms with Gasteiger partial charge < -0.3 is 10.6 Å². The highest BCUT2D eigenvalue weighted by Crippen LogP contribution is 2.30. The molecule has 1 aromatic carbocycles. The molecular weight excluding hydrogens is 384 g/mol. The molecule has 0 radical (unpaired) electrons. The Bertz CT molecular complexity index is 1000.